The summed E-state index contributed by atoms with van der Waals surface area (Å²) in [4.78, 5) is 15.7. The van der Waals surface area contributed by atoms with E-state index in [-0.39, 0.29) is 16.8 Å². The van der Waals surface area contributed by atoms with Crippen LogP contribution in [0.1, 0.15) is 62.2 Å². The van der Waals surface area contributed by atoms with Gasteiger partial charge >= 0.3 is 0 Å². The normalized spacial score (nSPS) is 25.9. The molecule has 0 bridgehead atoms. The van der Waals surface area contributed by atoms with Gasteiger partial charge in [0.15, 0.2) is 0 Å². The van der Waals surface area contributed by atoms with Crippen LogP contribution in [-0.4, -0.2) is 64.1 Å². The molecule has 0 unspecified atom stereocenters. The fourth-order valence-corrected chi connectivity index (χ4v) is 6.51. The number of hydrogen-bond acceptors (Lipinski definition) is 5. The summed E-state index contributed by atoms with van der Waals surface area (Å²) in [7, 11) is -3.60. The molecule has 31 heavy (non-hydrogen) atoms. The Labute approximate surface area is 186 Å². The number of nitrogens with one attached hydrogen (secondary N) is 1. The second kappa shape index (κ2) is 9.88. The van der Waals surface area contributed by atoms with Crippen molar-refractivity contribution >= 4 is 21.6 Å². The smallest absolute Gasteiger partial charge is 0.253 e. The molecule has 4 rings (SSSR count). The molecule has 3 fully saturated rings. The molecule has 2 heterocycles. The van der Waals surface area contributed by atoms with Crippen molar-refractivity contribution in [3.8, 4) is 0 Å². The van der Waals surface area contributed by atoms with Gasteiger partial charge in [-0.25, -0.2) is 8.42 Å². The van der Waals surface area contributed by atoms with Crippen molar-refractivity contribution in [1.29, 1.82) is 0 Å². The van der Waals surface area contributed by atoms with Gasteiger partial charge in [0, 0.05) is 37.9 Å². The van der Waals surface area contributed by atoms with Gasteiger partial charge in [-0.05, 0) is 49.8 Å². The van der Waals surface area contributed by atoms with Crippen molar-refractivity contribution in [2.45, 2.75) is 62.8 Å². The van der Waals surface area contributed by atoms with Gasteiger partial charge in [0.2, 0.25) is 10.0 Å². The molecular formula is C23H35N3O4S. The first-order valence-corrected chi connectivity index (χ1v) is 13.2. The van der Waals surface area contributed by atoms with E-state index < -0.39 is 10.0 Å². The van der Waals surface area contributed by atoms with Crippen molar-refractivity contribution in [3.63, 3.8) is 0 Å². The Balaban J connectivity index is 1.65. The first kappa shape index (κ1) is 22.6. The highest BCUT2D eigenvalue weighted by Gasteiger charge is 2.30. The summed E-state index contributed by atoms with van der Waals surface area (Å²) >= 11 is 0. The van der Waals surface area contributed by atoms with E-state index >= 15 is 0 Å². The number of carbonyl (C=O) groups excluding carboxylic acids is 1. The van der Waals surface area contributed by atoms with Crippen LogP contribution < -0.4 is 10.2 Å². The van der Waals surface area contributed by atoms with Crippen molar-refractivity contribution in [2.24, 2.45) is 5.92 Å². The molecular weight excluding hydrogens is 414 g/mol. The molecule has 7 nitrogen and oxygen atoms in total. The van der Waals surface area contributed by atoms with Gasteiger partial charge < -0.3 is 15.0 Å². The summed E-state index contributed by atoms with van der Waals surface area (Å²) < 4.78 is 33.5. The maximum atomic E-state index is 13.4. The topological polar surface area (TPSA) is 79.0 Å². The van der Waals surface area contributed by atoms with Crippen LogP contribution in [-0.2, 0) is 14.8 Å². The molecule has 1 aromatic rings. The number of amides is 1. The Hall–Kier alpha value is -1.64. The zero-order valence-electron chi connectivity index (χ0n) is 18.5. The second-order valence-corrected chi connectivity index (χ2v) is 11.0. The minimum absolute atomic E-state index is 0.140. The van der Waals surface area contributed by atoms with E-state index in [0.29, 0.717) is 50.9 Å². The maximum absolute atomic E-state index is 13.4. The van der Waals surface area contributed by atoms with Crippen LogP contribution in [0.3, 0.4) is 0 Å². The zero-order chi connectivity index (χ0) is 21.8. The highest BCUT2D eigenvalue weighted by molar-refractivity contribution is 7.89. The number of rotatable bonds is 5. The van der Waals surface area contributed by atoms with E-state index in [1.165, 1.54) is 6.42 Å². The van der Waals surface area contributed by atoms with Crippen LogP contribution in [0.15, 0.2) is 23.1 Å². The highest BCUT2D eigenvalue weighted by Crippen LogP contribution is 2.29. The van der Waals surface area contributed by atoms with Crippen molar-refractivity contribution < 1.29 is 17.9 Å². The van der Waals surface area contributed by atoms with Crippen LogP contribution in [0.4, 0.5) is 5.69 Å². The summed E-state index contributed by atoms with van der Waals surface area (Å²) in [5.41, 5.74) is 1.25. The quantitative estimate of drug-likeness (QED) is 0.748. The van der Waals surface area contributed by atoms with E-state index in [0.717, 1.165) is 44.2 Å². The Bertz CT molecular complexity index is 877. The summed E-state index contributed by atoms with van der Waals surface area (Å²) in [6.07, 6.45) is 7.26. The fourth-order valence-electron chi connectivity index (χ4n) is 4.97. The molecule has 0 aromatic heterocycles. The maximum Gasteiger partial charge on any atom is 0.253 e. The Morgan fingerprint density at radius 2 is 1.71 bits per heavy atom. The molecule has 1 aliphatic carbocycles. The fraction of sp³-hybridized carbons (Fsp3) is 0.696. The number of carbonyl (C=O) groups is 1. The number of piperidine rings is 1. The van der Waals surface area contributed by atoms with E-state index in [2.05, 4.69) is 17.1 Å². The lowest BCUT2D eigenvalue weighted by Gasteiger charge is -2.33. The zero-order valence-corrected chi connectivity index (χ0v) is 19.3. The van der Waals surface area contributed by atoms with Gasteiger partial charge in [-0.3, -0.25) is 4.79 Å². The predicted molar refractivity (Wildman–Crippen MR) is 121 cm³/mol. The lowest BCUT2D eigenvalue weighted by atomic mass is 9.86. The number of ether oxygens (including phenoxy) is 1. The number of hydrogen-bond donors (Lipinski definition) is 1. The number of nitrogens with zero attached hydrogens (tertiary/aromatic N) is 2. The predicted octanol–water partition coefficient (Wildman–Crippen LogP) is 3.01. The Morgan fingerprint density at radius 3 is 2.42 bits per heavy atom. The van der Waals surface area contributed by atoms with E-state index in [9.17, 15) is 13.2 Å². The third-order valence-electron chi connectivity index (χ3n) is 6.95. The average molecular weight is 450 g/mol. The van der Waals surface area contributed by atoms with Crippen LogP contribution in [0, 0.1) is 5.92 Å². The average Bonchev–Trinajstić information content (AvgIpc) is 2.81. The molecule has 3 aliphatic rings. The van der Waals surface area contributed by atoms with E-state index in [1.54, 1.807) is 22.5 Å². The molecule has 1 N–H and O–H groups in total. The third kappa shape index (κ3) is 5.07. The van der Waals surface area contributed by atoms with Gasteiger partial charge in [0.05, 0.1) is 23.7 Å². The molecule has 2 atom stereocenters. The molecule has 1 saturated carbocycles. The van der Waals surface area contributed by atoms with Crippen LogP contribution >= 0.6 is 0 Å². The van der Waals surface area contributed by atoms with Crippen molar-refractivity contribution in [2.75, 3.05) is 44.3 Å². The largest absolute Gasteiger partial charge is 0.378 e. The lowest BCUT2D eigenvalue weighted by molar-refractivity contribution is 0.0909. The molecule has 0 spiro atoms. The summed E-state index contributed by atoms with van der Waals surface area (Å²) in [6, 6.07) is 5.20. The molecule has 2 saturated heterocycles. The van der Waals surface area contributed by atoms with E-state index in [4.69, 9.17) is 4.74 Å². The minimum Gasteiger partial charge on any atom is -0.378 e. The molecule has 2 aliphatic heterocycles. The summed E-state index contributed by atoms with van der Waals surface area (Å²) in [6.45, 7) is 5.88. The molecule has 8 heteroatoms. The first-order chi connectivity index (χ1) is 15.0. The van der Waals surface area contributed by atoms with Crippen LogP contribution in [0.5, 0.6) is 0 Å². The second-order valence-electron chi connectivity index (χ2n) is 9.08. The first-order valence-electron chi connectivity index (χ1n) is 11.7. The molecule has 0 radical (unpaired) electrons. The third-order valence-corrected chi connectivity index (χ3v) is 8.84. The number of benzene rings is 1. The number of morpholine rings is 1. The standard InChI is InChI=1S/C23H35N3O4S/c1-18-7-3-4-8-21(18)24-23(27)20-17-19(31(28,29)26-11-5-2-6-12-26)9-10-22(20)25-13-15-30-16-14-25/h9-10,17-18,21H,2-8,11-16H2,1H3,(H,24,27)/t18-,21+/m0/s1. The Morgan fingerprint density at radius 1 is 1.00 bits per heavy atom. The van der Waals surface area contributed by atoms with Crippen LogP contribution in [0.2, 0.25) is 0 Å². The van der Waals surface area contributed by atoms with Gasteiger partial charge in [-0.2, -0.15) is 4.31 Å². The van der Waals surface area contributed by atoms with Crippen molar-refractivity contribution in [3.05, 3.63) is 23.8 Å². The molecule has 1 aromatic carbocycles. The lowest BCUT2D eigenvalue weighted by Crippen LogP contribution is -2.43. The minimum atomic E-state index is -3.60. The number of anilines is 1. The monoisotopic (exact) mass is 449 g/mol. The van der Waals surface area contributed by atoms with Gasteiger partial charge in [0.25, 0.3) is 5.91 Å². The van der Waals surface area contributed by atoms with Crippen LogP contribution in [0.25, 0.3) is 0 Å². The molecule has 172 valence electrons. The van der Waals surface area contributed by atoms with Crippen molar-refractivity contribution in [1.82, 2.24) is 9.62 Å². The Kier molecular flexibility index (Phi) is 7.19. The highest BCUT2D eigenvalue weighted by atomic mass is 32.2. The molecule has 1 amide bonds. The summed E-state index contributed by atoms with van der Waals surface area (Å²) in [5.74, 6) is 0.265. The number of sulfonamides is 1. The van der Waals surface area contributed by atoms with E-state index in [1.807, 2.05) is 0 Å². The van der Waals surface area contributed by atoms with Gasteiger partial charge in [0.1, 0.15) is 0 Å². The van der Waals surface area contributed by atoms with Gasteiger partial charge in [-0.15, -0.1) is 0 Å². The SMILES string of the molecule is C[C@H]1CCCC[C@H]1NC(=O)c1cc(S(=O)(=O)N2CCCCC2)ccc1N1CCOCC1. The summed E-state index contributed by atoms with van der Waals surface area (Å²) in [5, 5.41) is 3.22. The van der Waals surface area contributed by atoms with Gasteiger partial charge in [-0.1, -0.05) is 26.2 Å².